The minimum atomic E-state index is -0.945. The fraction of sp³-hybridized carbons (Fsp3) is 0.111. The quantitative estimate of drug-likeness (QED) is 0.784. The number of nitriles is 1. The summed E-state index contributed by atoms with van der Waals surface area (Å²) in [4.78, 5) is 10.5. The minimum absolute atomic E-state index is 0.129. The lowest BCUT2D eigenvalue weighted by atomic mass is 10.1. The van der Waals surface area contributed by atoms with E-state index in [9.17, 15) is 4.79 Å². The van der Waals surface area contributed by atoms with Gasteiger partial charge in [0.1, 0.15) is 6.07 Å². The molecule has 0 bridgehead atoms. The number of halogens is 1. The number of hydrogen-bond acceptors (Lipinski definition) is 3. The maximum Gasteiger partial charge on any atom is 0.307 e. The van der Waals surface area contributed by atoms with Gasteiger partial charge in [-0.3, -0.25) is 4.79 Å². The number of carbonyl (C=O) groups is 1. The Morgan fingerprint density at radius 1 is 1.64 bits per heavy atom. The van der Waals surface area contributed by atoms with Crippen molar-refractivity contribution in [1.82, 2.24) is 0 Å². The molecule has 0 saturated carbocycles. The van der Waals surface area contributed by atoms with E-state index in [1.54, 1.807) is 0 Å². The van der Waals surface area contributed by atoms with E-state index in [0.29, 0.717) is 21.3 Å². The van der Waals surface area contributed by atoms with Crippen molar-refractivity contribution in [2.24, 2.45) is 0 Å². The third-order valence-electron chi connectivity index (χ3n) is 1.68. The molecule has 0 radical (unpaired) electrons. The number of carboxylic acid groups (broad SMARTS) is 1. The van der Waals surface area contributed by atoms with Gasteiger partial charge in [-0.05, 0) is 17.7 Å². The third kappa shape index (κ3) is 2.24. The molecule has 0 aliphatic carbocycles. The number of aliphatic carboxylic acids is 1. The summed E-state index contributed by atoms with van der Waals surface area (Å²) in [6.07, 6.45) is -0.129. The highest BCUT2D eigenvalue weighted by atomic mass is 79.9. The van der Waals surface area contributed by atoms with Crippen LogP contribution in [0.15, 0.2) is 16.6 Å². The van der Waals surface area contributed by atoms with Crippen molar-refractivity contribution in [3.8, 4) is 6.07 Å². The molecule has 0 fully saturated rings. The van der Waals surface area contributed by atoms with Crippen LogP contribution in [0.5, 0.6) is 0 Å². The molecule has 4 nitrogen and oxygen atoms in total. The molecular weight excluding hydrogens is 248 g/mol. The second-order valence-corrected chi connectivity index (χ2v) is 3.57. The van der Waals surface area contributed by atoms with E-state index in [0.717, 1.165) is 0 Å². The summed E-state index contributed by atoms with van der Waals surface area (Å²) < 4.78 is 0.608. The zero-order valence-electron chi connectivity index (χ0n) is 7.12. The summed E-state index contributed by atoms with van der Waals surface area (Å²) in [5.74, 6) is -0.945. The first-order valence-corrected chi connectivity index (χ1v) is 4.53. The summed E-state index contributed by atoms with van der Waals surface area (Å²) in [6.45, 7) is 0. The van der Waals surface area contributed by atoms with Gasteiger partial charge in [0.15, 0.2) is 0 Å². The van der Waals surface area contributed by atoms with Gasteiger partial charge in [-0.1, -0.05) is 15.9 Å². The van der Waals surface area contributed by atoms with E-state index >= 15 is 0 Å². The molecule has 0 spiro atoms. The van der Waals surface area contributed by atoms with Crippen LogP contribution < -0.4 is 5.73 Å². The maximum atomic E-state index is 10.5. The largest absolute Gasteiger partial charge is 0.481 e. The lowest BCUT2D eigenvalue weighted by molar-refractivity contribution is -0.136. The van der Waals surface area contributed by atoms with Gasteiger partial charge in [0, 0.05) is 4.47 Å². The molecule has 0 saturated heterocycles. The fourth-order valence-corrected chi connectivity index (χ4v) is 1.53. The monoisotopic (exact) mass is 254 g/mol. The summed E-state index contributed by atoms with van der Waals surface area (Å²) in [5.41, 5.74) is 6.71. The predicted octanol–water partition coefficient (Wildman–Crippen LogP) is 1.53. The average molecular weight is 255 g/mol. The number of carboxylic acids is 1. The molecule has 1 aromatic rings. The Hall–Kier alpha value is -1.54. The van der Waals surface area contributed by atoms with Crippen molar-refractivity contribution >= 4 is 27.6 Å². The standard InChI is InChI=1S/C9H7BrN2O2/c10-7-3-8(12)6(4-11)1-5(7)2-9(13)14/h1,3H,2,12H2,(H,13,14). The van der Waals surface area contributed by atoms with Crippen LogP contribution in [-0.2, 0) is 11.2 Å². The van der Waals surface area contributed by atoms with Gasteiger partial charge in [0.05, 0.1) is 17.7 Å². The molecule has 0 atom stereocenters. The number of nitrogens with two attached hydrogens (primary N) is 1. The summed E-state index contributed by atoms with van der Waals surface area (Å²) in [7, 11) is 0. The van der Waals surface area contributed by atoms with E-state index in [2.05, 4.69) is 15.9 Å². The Labute approximate surface area is 89.1 Å². The molecule has 0 heterocycles. The topological polar surface area (TPSA) is 87.1 Å². The molecular formula is C9H7BrN2O2. The van der Waals surface area contributed by atoms with Crippen LogP contribution in [0.4, 0.5) is 5.69 Å². The van der Waals surface area contributed by atoms with Gasteiger partial charge in [-0.2, -0.15) is 5.26 Å². The Morgan fingerprint density at radius 2 is 2.29 bits per heavy atom. The first kappa shape index (κ1) is 10.5. The Morgan fingerprint density at radius 3 is 2.79 bits per heavy atom. The van der Waals surface area contributed by atoms with E-state index in [1.165, 1.54) is 12.1 Å². The second kappa shape index (κ2) is 4.11. The Balaban J connectivity index is 3.19. The first-order valence-electron chi connectivity index (χ1n) is 3.74. The molecule has 1 aromatic carbocycles. The molecule has 0 aromatic heterocycles. The molecule has 3 N–H and O–H groups in total. The molecule has 5 heteroatoms. The lowest BCUT2D eigenvalue weighted by Crippen LogP contribution is -2.02. The first-order chi connectivity index (χ1) is 6.54. The van der Waals surface area contributed by atoms with Crippen LogP contribution in [0.25, 0.3) is 0 Å². The number of nitrogen functional groups attached to an aromatic ring is 1. The second-order valence-electron chi connectivity index (χ2n) is 2.71. The molecule has 0 aliphatic rings. The fourth-order valence-electron chi connectivity index (χ4n) is 1.03. The Bertz CT molecular complexity index is 424. The van der Waals surface area contributed by atoms with Gasteiger partial charge < -0.3 is 10.8 Å². The van der Waals surface area contributed by atoms with Gasteiger partial charge >= 0.3 is 5.97 Å². The summed E-state index contributed by atoms with van der Waals surface area (Å²) >= 11 is 3.19. The van der Waals surface area contributed by atoms with Gasteiger partial charge in [0.2, 0.25) is 0 Å². The average Bonchev–Trinajstić information content (AvgIpc) is 2.09. The van der Waals surface area contributed by atoms with E-state index in [-0.39, 0.29) is 6.42 Å². The summed E-state index contributed by atoms with van der Waals surface area (Å²) in [5, 5.41) is 17.3. The number of anilines is 1. The zero-order valence-corrected chi connectivity index (χ0v) is 8.71. The van der Waals surface area contributed by atoms with E-state index < -0.39 is 5.97 Å². The number of benzene rings is 1. The van der Waals surface area contributed by atoms with Crippen molar-refractivity contribution in [2.75, 3.05) is 5.73 Å². The number of rotatable bonds is 2. The van der Waals surface area contributed by atoms with Crippen LogP contribution in [0.3, 0.4) is 0 Å². The van der Waals surface area contributed by atoms with Gasteiger partial charge in [0.25, 0.3) is 0 Å². The number of nitrogens with zero attached hydrogens (tertiary/aromatic N) is 1. The van der Waals surface area contributed by atoms with E-state index in [4.69, 9.17) is 16.1 Å². The van der Waals surface area contributed by atoms with Crippen molar-refractivity contribution < 1.29 is 9.90 Å². The number of hydrogen-bond donors (Lipinski definition) is 2. The molecule has 1 rings (SSSR count). The van der Waals surface area contributed by atoms with Gasteiger partial charge in [-0.25, -0.2) is 0 Å². The zero-order chi connectivity index (χ0) is 10.7. The Kier molecular flexibility index (Phi) is 3.10. The van der Waals surface area contributed by atoms with Crippen molar-refractivity contribution in [1.29, 1.82) is 5.26 Å². The van der Waals surface area contributed by atoms with Crippen molar-refractivity contribution in [3.63, 3.8) is 0 Å². The van der Waals surface area contributed by atoms with Crippen LogP contribution >= 0.6 is 15.9 Å². The maximum absolute atomic E-state index is 10.5. The third-order valence-corrected chi connectivity index (χ3v) is 2.42. The normalized spacial score (nSPS) is 9.43. The minimum Gasteiger partial charge on any atom is -0.481 e. The SMILES string of the molecule is N#Cc1cc(CC(=O)O)c(Br)cc1N. The van der Waals surface area contributed by atoms with Gasteiger partial charge in [-0.15, -0.1) is 0 Å². The van der Waals surface area contributed by atoms with Crippen molar-refractivity contribution in [2.45, 2.75) is 6.42 Å². The molecule has 0 amide bonds. The van der Waals surface area contributed by atoms with Crippen LogP contribution in [0, 0.1) is 11.3 Å². The predicted molar refractivity (Wildman–Crippen MR) is 54.6 cm³/mol. The van der Waals surface area contributed by atoms with E-state index in [1.807, 2.05) is 6.07 Å². The highest BCUT2D eigenvalue weighted by molar-refractivity contribution is 9.10. The highest BCUT2D eigenvalue weighted by Gasteiger charge is 2.08. The molecule has 14 heavy (non-hydrogen) atoms. The summed E-state index contributed by atoms with van der Waals surface area (Å²) in [6, 6.07) is 4.92. The smallest absolute Gasteiger partial charge is 0.307 e. The van der Waals surface area contributed by atoms with Crippen molar-refractivity contribution in [3.05, 3.63) is 27.7 Å². The highest BCUT2D eigenvalue weighted by Crippen LogP contribution is 2.23. The van der Waals surface area contributed by atoms with Crippen LogP contribution in [-0.4, -0.2) is 11.1 Å². The molecule has 72 valence electrons. The lowest BCUT2D eigenvalue weighted by Gasteiger charge is -2.04. The van der Waals surface area contributed by atoms with Crippen LogP contribution in [0.1, 0.15) is 11.1 Å². The molecule has 0 unspecified atom stereocenters. The molecule has 0 aliphatic heterocycles. The van der Waals surface area contributed by atoms with Crippen LogP contribution in [0.2, 0.25) is 0 Å².